The summed E-state index contributed by atoms with van der Waals surface area (Å²) in [6.07, 6.45) is 9.83. The van der Waals surface area contributed by atoms with Crippen LogP contribution in [0.15, 0.2) is 59.0 Å². The number of aromatic nitrogens is 1. The fourth-order valence-electron chi connectivity index (χ4n) is 3.92. The number of piperazine rings is 1. The van der Waals surface area contributed by atoms with E-state index in [1.807, 2.05) is 18.4 Å². The Morgan fingerprint density at radius 2 is 2.03 bits per heavy atom. The highest BCUT2D eigenvalue weighted by Gasteiger charge is 2.21. The molecule has 2 aliphatic heterocycles. The summed E-state index contributed by atoms with van der Waals surface area (Å²) in [5.41, 5.74) is 2.68. The minimum atomic E-state index is -0.476. The molecule has 31 heavy (non-hydrogen) atoms. The summed E-state index contributed by atoms with van der Waals surface area (Å²) in [5, 5.41) is 0. The lowest BCUT2D eigenvalue weighted by atomic mass is 10.1. The van der Waals surface area contributed by atoms with E-state index in [9.17, 15) is 9.18 Å². The molecule has 0 atom stereocenters. The number of amides is 1. The fourth-order valence-corrected chi connectivity index (χ4v) is 3.92. The normalized spacial score (nSPS) is 17.8. The average Bonchev–Trinajstić information content (AvgIpc) is 3.14. The highest BCUT2D eigenvalue weighted by Crippen LogP contribution is 2.23. The van der Waals surface area contributed by atoms with Gasteiger partial charge in [-0.25, -0.2) is 9.37 Å². The molecule has 3 heterocycles. The van der Waals surface area contributed by atoms with E-state index in [1.165, 1.54) is 17.0 Å². The summed E-state index contributed by atoms with van der Waals surface area (Å²) < 4.78 is 19.7. The number of carbonyl (C=O) groups excluding carboxylic acids is 1. The number of allylic oxidation sites excluding steroid dienone is 2. The van der Waals surface area contributed by atoms with Crippen LogP contribution in [0.25, 0.3) is 17.2 Å². The second-order valence-electron chi connectivity index (χ2n) is 7.83. The summed E-state index contributed by atoms with van der Waals surface area (Å²) >= 11 is 0. The second kappa shape index (κ2) is 8.89. The third-order valence-corrected chi connectivity index (χ3v) is 5.53. The molecule has 0 aliphatic carbocycles. The van der Waals surface area contributed by atoms with Gasteiger partial charge in [0, 0.05) is 51.1 Å². The van der Waals surface area contributed by atoms with Gasteiger partial charge in [0.25, 0.3) is 5.91 Å². The quantitative estimate of drug-likeness (QED) is 0.680. The Morgan fingerprint density at radius 3 is 2.77 bits per heavy atom. The predicted molar refractivity (Wildman–Crippen MR) is 119 cm³/mol. The molecule has 162 valence electrons. The predicted octanol–water partition coefficient (Wildman–Crippen LogP) is 4.07. The lowest BCUT2D eigenvalue weighted by Gasteiger charge is -2.38. The summed E-state index contributed by atoms with van der Waals surface area (Å²) in [6.45, 7) is 12.8. The molecule has 4 rings (SSSR count). The topological polar surface area (TPSA) is 52.8 Å². The first-order chi connectivity index (χ1) is 14.9. The van der Waals surface area contributed by atoms with Crippen LogP contribution in [-0.2, 0) is 4.79 Å². The molecule has 0 radical (unpaired) electrons. The SMILES string of the molecule is C=C1C=CC(N2CCN(CCC)CC2)=CN1C(=O)/C=C/c1cc(F)c2nc(C)oc2c1. The monoisotopic (exact) mass is 422 g/mol. The third kappa shape index (κ3) is 4.61. The second-order valence-corrected chi connectivity index (χ2v) is 7.83. The Bertz CT molecular complexity index is 1090. The van der Waals surface area contributed by atoms with Gasteiger partial charge in [-0.2, -0.15) is 0 Å². The van der Waals surface area contributed by atoms with Crippen LogP contribution < -0.4 is 0 Å². The van der Waals surface area contributed by atoms with Gasteiger partial charge in [0.15, 0.2) is 17.3 Å². The first kappa shape index (κ1) is 21.1. The Hall–Kier alpha value is -3.19. The zero-order valence-electron chi connectivity index (χ0n) is 18.0. The van der Waals surface area contributed by atoms with Crippen LogP contribution >= 0.6 is 0 Å². The average molecular weight is 423 g/mol. The van der Waals surface area contributed by atoms with Crippen LogP contribution in [0.1, 0.15) is 24.8 Å². The maximum absolute atomic E-state index is 14.2. The molecule has 1 fully saturated rings. The maximum atomic E-state index is 14.2. The van der Waals surface area contributed by atoms with Crippen molar-refractivity contribution >= 4 is 23.1 Å². The van der Waals surface area contributed by atoms with Gasteiger partial charge in [-0.05, 0) is 48.9 Å². The number of hydrogen-bond acceptors (Lipinski definition) is 5. The van der Waals surface area contributed by atoms with E-state index >= 15 is 0 Å². The number of hydrogen-bond donors (Lipinski definition) is 0. The van der Waals surface area contributed by atoms with Gasteiger partial charge in [-0.15, -0.1) is 0 Å². The molecule has 2 aliphatic rings. The number of halogens is 1. The van der Waals surface area contributed by atoms with Crippen molar-refractivity contribution in [2.24, 2.45) is 0 Å². The van der Waals surface area contributed by atoms with Gasteiger partial charge >= 0.3 is 0 Å². The minimum Gasteiger partial charge on any atom is -0.441 e. The van der Waals surface area contributed by atoms with Gasteiger partial charge in [0.1, 0.15) is 5.52 Å². The Morgan fingerprint density at radius 1 is 1.26 bits per heavy atom. The van der Waals surface area contributed by atoms with Crippen molar-refractivity contribution in [3.63, 3.8) is 0 Å². The summed E-state index contributed by atoms with van der Waals surface area (Å²) in [6, 6.07) is 3.01. The molecule has 1 aromatic carbocycles. The van der Waals surface area contributed by atoms with Crippen LogP contribution in [0, 0.1) is 12.7 Å². The van der Waals surface area contributed by atoms with Crippen LogP contribution in [0.4, 0.5) is 4.39 Å². The highest BCUT2D eigenvalue weighted by atomic mass is 19.1. The lowest BCUT2D eigenvalue weighted by Crippen LogP contribution is -2.46. The number of aryl methyl sites for hydroxylation is 1. The van der Waals surface area contributed by atoms with Crippen LogP contribution in [0.3, 0.4) is 0 Å². The largest absolute Gasteiger partial charge is 0.441 e. The number of fused-ring (bicyclic) bond motifs is 1. The Kier molecular flexibility index (Phi) is 6.04. The summed E-state index contributed by atoms with van der Waals surface area (Å²) in [5.74, 6) is -0.322. The van der Waals surface area contributed by atoms with Crippen molar-refractivity contribution in [1.82, 2.24) is 19.7 Å². The van der Waals surface area contributed by atoms with Crippen molar-refractivity contribution < 1.29 is 13.6 Å². The molecule has 1 aromatic heterocycles. The molecular weight excluding hydrogens is 395 g/mol. The van der Waals surface area contributed by atoms with Crippen molar-refractivity contribution in [3.05, 3.63) is 71.8 Å². The van der Waals surface area contributed by atoms with E-state index < -0.39 is 5.82 Å². The van der Waals surface area contributed by atoms with Crippen molar-refractivity contribution in [3.8, 4) is 0 Å². The van der Waals surface area contributed by atoms with E-state index in [0.29, 0.717) is 22.7 Å². The van der Waals surface area contributed by atoms with Crippen molar-refractivity contribution in [2.45, 2.75) is 20.3 Å². The summed E-state index contributed by atoms with van der Waals surface area (Å²) in [4.78, 5) is 23.1. The smallest absolute Gasteiger partial charge is 0.255 e. The zero-order chi connectivity index (χ0) is 22.0. The first-order valence-corrected chi connectivity index (χ1v) is 10.6. The van der Waals surface area contributed by atoms with E-state index in [1.54, 1.807) is 19.1 Å². The first-order valence-electron chi connectivity index (χ1n) is 10.6. The molecule has 1 amide bonds. The van der Waals surface area contributed by atoms with Gasteiger partial charge in [-0.1, -0.05) is 13.5 Å². The van der Waals surface area contributed by atoms with E-state index in [-0.39, 0.29) is 11.4 Å². The zero-order valence-corrected chi connectivity index (χ0v) is 18.0. The van der Waals surface area contributed by atoms with Crippen LogP contribution in [-0.4, -0.2) is 58.3 Å². The number of nitrogens with zero attached hydrogens (tertiary/aromatic N) is 4. The van der Waals surface area contributed by atoms with Gasteiger partial charge in [0.2, 0.25) is 0 Å². The van der Waals surface area contributed by atoms with Gasteiger partial charge in [0.05, 0.1) is 5.70 Å². The molecular formula is C24H27FN4O2. The number of carbonyl (C=O) groups is 1. The highest BCUT2D eigenvalue weighted by molar-refractivity contribution is 5.94. The molecule has 0 bridgehead atoms. The molecule has 0 N–H and O–H groups in total. The van der Waals surface area contributed by atoms with E-state index in [4.69, 9.17) is 4.42 Å². The van der Waals surface area contributed by atoms with Crippen LogP contribution in [0.2, 0.25) is 0 Å². The standard InChI is InChI=1S/C24H27FN4O2/c1-4-9-27-10-12-28(13-11-27)20-7-5-17(2)29(16-20)23(30)8-6-19-14-21(25)24-22(15-19)31-18(3)26-24/h5-8,14-16H,2,4,9-13H2,1,3H3/b8-6+. The van der Waals surface area contributed by atoms with Crippen molar-refractivity contribution in [1.29, 1.82) is 0 Å². The molecule has 0 spiro atoms. The molecule has 6 nitrogen and oxygen atoms in total. The van der Waals surface area contributed by atoms with Crippen LogP contribution in [0.5, 0.6) is 0 Å². The Balaban J connectivity index is 1.47. The molecule has 1 saturated heterocycles. The van der Waals surface area contributed by atoms with Gasteiger partial charge < -0.3 is 9.32 Å². The Labute approximate surface area is 181 Å². The third-order valence-electron chi connectivity index (χ3n) is 5.53. The van der Waals surface area contributed by atoms with E-state index in [2.05, 4.69) is 28.3 Å². The fraction of sp³-hybridized carbons (Fsp3) is 0.333. The maximum Gasteiger partial charge on any atom is 0.255 e. The number of rotatable bonds is 5. The number of oxazole rings is 1. The summed E-state index contributed by atoms with van der Waals surface area (Å²) in [7, 11) is 0. The van der Waals surface area contributed by atoms with Gasteiger partial charge in [-0.3, -0.25) is 14.6 Å². The molecule has 0 saturated carbocycles. The molecule has 0 unspecified atom stereocenters. The van der Waals surface area contributed by atoms with E-state index in [0.717, 1.165) is 44.8 Å². The van der Waals surface area contributed by atoms with Crippen molar-refractivity contribution in [2.75, 3.05) is 32.7 Å². The number of benzene rings is 1. The molecule has 7 heteroatoms. The minimum absolute atomic E-state index is 0.196. The molecule has 2 aromatic rings. The lowest BCUT2D eigenvalue weighted by molar-refractivity contribution is -0.122.